The zero-order valence-corrected chi connectivity index (χ0v) is 15.8. The van der Waals surface area contributed by atoms with Gasteiger partial charge in [-0.2, -0.15) is 0 Å². The highest BCUT2D eigenvalue weighted by Gasteiger charge is 2.42. The van der Waals surface area contributed by atoms with Gasteiger partial charge in [-0.3, -0.25) is 14.9 Å². The van der Waals surface area contributed by atoms with Gasteiger partial charge in [-0.1, -0.05) is 46.3 Å². The molecule has 0 amide bonds. The van der Waals surface area contributed by atoms with Crippen molar-refractivity contribution in [3.8, 4) is 0 Å². The molecule has 1 N–H and O–H groups in total. The SMILES string of the molecule is CN1C[C@H](c2ccccc2Br)[C@@H](C(C(=O)O)c2ccc([N+](=O)[O-])cc2)C1. The van der Waals surface area contributed by atoms with Crippen molar-refractivity contribution in [2.75, 3.05) is 20.1 Å². The summed E-state index contributed by atoms with van der Waals surface area (Å²) in [5.41, 5.74) is 1.65. The maximum Gasteiger partial charge on any atom is 0.311 e. The lowest BCUT2D eigenvalue weighted by Crippen LogP contribution is -2.27. The molecule has 0 aliphatic carbocycles. The second-order valence-electron chi connectivity index (χ2n) is 6.68. The molecule has 2 aromatic rings. The third-order valence-electron chi connectivity index (χ3n) is 5.01. The molecule has 3 atom stereocenters. The summed E-state index contributed by atoms with van der Waals surface area (Å²) >= 11 is 3.58. The van der Waals surface area contributed by atoms with E-state index in [0.717, 1.165) is 16.6 Å². The number of carboxylic acids is 1. The Bertz CT molecular complexity index is 825. The molecular weight excluding hydrogens is 400 g/mol. The zero-order valence-electron chi connectivity index (χ0n) is 14.2. The molecule has 6 nitrogen and oxygen atoms in total. The normalized spacial score (nSPS) is 21.5. The molecule has 1 aliphatic heterocycles. The van der Waals surface area contributed by atoms with Crippen LogP contribution in [0.3, 0.4) is 0 Å². The molecule has 1 saturated heterocycles. The fourth-order valence-corrected chi connectivity index (χ4v) is 4.43. The maximum atomic E-state index is 12.1. The van der Waals surface area contributed by atoms with E-state index in [4.69, 9.17) is 0 Å². The number of benzene rings is 2. The van der Waals surface area contributed by atoms with E-state index in [9.17, 15) is 20.0 Å². The van der Waals surface area contributed by atoms with Crippen molar-refractivity contribution in [1.29, 1.82) is 0 Å². The van der Waals surface area contributed by atoms with Crippen molar-refractivity contribution in [3.63, 3.8) is 0 Å². The van der Waals surface area contributed by atoms with Gasteiger partial charge in [-0.05, 0) is 30.2 Å². The molecule has 0 spiro atoms. The van der Waals surface area contributed by atoms with Crippen LogP contribution in [-0.2, 0) is 4.79 Å². The van der Waals surface area contributed by atoms with Crippen LogP contribution in [0.4, 0.5) is 5.69 Å². The average Bonchev–Trinajstić information content (AvgIpc) is 2.96. The van der Waals surface area contributed by atoms with E-state index in [0.29, 0.717) is 12.1 Å². The van der Waals surface area contributed by atoms with Gasteiger partial charge >= 0.3 is 5.97 Å². The summed E-state index contributed by atoms with van der Waals surface area (Å²) in [6.45, 7) is 1.42. The van der Waals surface area contributed by atoms with Gasteiger partial charge in [0.15, 0.2) is 0 Å². The number of halogens is 1. The van der Waals surface area contributed by atoms with Crippen LogP contribution in [0.2, 0.25) is 0 Å². The van der Waals surface area contributed by atoms with Gasteiger partial charge in [0.2, 0.25) is 0 Å². The molecule has 0 aromatic heterocycles. The first-order valence-electron chi connectivity index (χ1n) is 8.28. The number of hydrogen-bond donors (Lipinski definition) is 1. The van der Waals surface area contributed by atoms with E-state index in [1.807, 2.05) is 31.3 Å². The number of nitro groups is 1. The van der Waals surface area contributed by atoms with Gasteiger partial charge in [-0.15, -0.1) is 0 Å². The first-order valence-corrected chi connectivity index (χ1v) is 9.08. The Morgan fingerprint density at radius 1 is 1.23 bits per heavy atom. The summed E-state index contributed by atoms with van der Waals surface area (Å²) in [5.74, 6) is -1.70. The molecule has 0 radical (unpaired) electrons. The van der Waals surface area contributed by atoms with Crippen LogP contribution in [0.15, 0.2) is 53.0 Å². The van der Waals surface area contributed by atoms with Crippen LogP contribution in [0, 0.1) is 16.0 Å². The Morgan fingerprint density at radius 3 is 2.46 bits per heavy atom. The summed E-state index contributed by atoms with van der Waals surface area (Å²) in [7, 11) is 1.98. The third kappa shape index (κ3) is 3.64. The van der Waals surface area contributed by atoms with Gasteiger partial charge in [0, 0.05) is 35.6 Å². The standard InChI is InChI=1S/C19H19BrN2O4/c1-21-10-15(14-4-2-3-5-17(14)20)16(11-21)18(19(23)24)12-6-8-13(9-7-12)22(25)26/h2-9,15-16,18H,10-11H2,1H3,(H,23,24)/t15-,16+,18?/m1/s1. The topological polar surface area (TPSA) is 83.7 Å². The summed E-state index contributed by atoms with van der Waals surface area (Å²) in [5, 5.41) is 20.8. The van der Waals surface area contributed by atoms with Gasteiger partial charge in [0.05, 0.1) is 10.8 Å². The Labute approximate surface area is 159 Å². The first kappa shape index (κ1) is 18.5. The van der Waals surface area contributed by atoms with Gasteiger partial charge in [0.25, 0.3) is 5.69 Å². The Kier molecular flexibility index (Phi) is 5.38. The molecule has 1 fully saturated rings. The lowest BCUT2D eigenvalue weighted by Gasteiger charge is -2.26. The van der Waals surface area contributed by atoms with E-state index in [2.05, 4.69) is 20.8 Å². The number of non-ortho nitro benzene ring substituents is 1. The number of carbonyl (C=O) groups is 1. The van der Waals surface area contributed by atoms with Crippen LogP contribution in [0.5, 0.6) is 0 Å². The minimum atomic E-state index is -0.906. The summed E-state index contributed by atoms with van der Waals surface area (Å²) in [6, 6.07) is 13.7. The minimum absolute atomic E-state index is 0.0382. The van der Waals surface area contributed by atoms with Crippen LogP contribution in [0.1, 0.15) is 23.0 Å². The van der Waals surface area contributed by atoms with Crippen molar-refractivity contribution in [3.05, 3.63) is 74.2 Å². The predicted molar refractivity (Wildman–Crippen MR) is 101 cm³/mol. The lowest BCUT2D eigenvalue weighted by molar-refractivity contribution is -0.384. The van der Waals surface area contributed by atoms with E-state index >= 15 is 0 Å². The third-order valence-corrected chi connectivity index (χ3v) is 5.73. The zero-order chi connectivity index (χ0) is 18.8. The van der Waals surface area contributed by atoms with Crippen LogP contribution in [-0.4, -0.2) is 41.0 Å². The number of carboxylic acid groups (broad SMARTS) is 1. The van der Waals surface area contributed by atoms with Gasteiger partial charge < -0.3 is 10.0 Å². The highest BCUT2D eigenvalue weighted by molar-refractivity contribution is 9.10. The summed E-state index contributed by atoms with van der Waals surface area (Å²) < 4.78 is 0.970. The van der Waals surface area contributed by atoms with Crippen molar-refractivity contribution in [1.82, 2.24) is 4.90 Å². The van der Waals surface area contributed by atoms with Crippen LogP contribution in [0.25, 0.3) is 0 Å². The first-order chi connectivity index (χ1) is 12.4. The van der Waals surface area contributed by atoms with Crippen molar-refractivity contribution >= 4 is 27.6 Å². The number of hydrogen-bond acceptors (Lipinski definition) is 4. The molecule has 0 bridgehead atoms. The molecule has 3 rings (SSSR count). The molecule has 1 aliphatic rings. The largest absolute Gasteiger partial charge is 0.481 e. The van der Waals surface area contributed by atoms with E-state index in [-0.39, 0.29) is 17.5 Å². The Hall–Kier alpha value is -2.25. The number of likely N-dealkylation sites (tertiary alicyclic amines) is 1. The molecule has 1 heterocycles. The van der Waals surface area contributed by atoms with E-state index < -0.39 is 16.8 Å². The summed E-state index contributed by atoms with van der Waals surface area (Å²) in [6.07, 6.45) is 0. The molecule has 0 saturated carbocycles. The second-order valence-corrected chi connectivity index (χ2v) is 7.53. The van der Waals surface area contributed by atoms with Crippen molar-refractivity contribution in [2.45, 2.75) is 11.8 Å². The lowest BCUT2D eigenvalue weighted by atomic mass is 9.77. The molecule has 2 aromatic carbocycles. The quantitative estimate of drug-likeness (QED) is 0.588. The molecule has 7 heteroatoms. The number of nitrogens with zero attached hydrogens (tertiary/aromatic N) is 2. The van der Waals surface area contributed by atoms with Crippen molar-refractivity contribution < 1.29 is 14.8 Å². The number of nitro benzene ring substituents is 1. The van der Waals surface area contributed by atoms with Crippen LogP contribution < -0.4 is 0 Å². The van der Waals surface area contributed by atoms with Gasteiger partial charge in [-0.25, -0.2) is 0 Å². The molecule has 1 unspecified atom stereocenters. The Balaban J connectivity index is 1.99. The Morgan fingerprint density at radius 2 is 1.88 bits per heavy atom. The fraction of sp³-hybridized carbons (Fsp3) is 0.316. The summed E-state index contributed by atoms with van der Waals surface area (Å²) in [4.78, 5) is 24.6. The second kappa shape index (κ2) is 7.55. The number of aliphatic carboxylic acids is 1. The molecule has 26 heavy (non-hydrogen) atoms. The smallest absolute Gasteiger partial charge is 0.311 e. The predicted octanol–water partition coefficient (Wildman–Crippen LogP) is 3.87. The van der Waals surface area contributed by atoms with Crippen molar-refractivity contribution in [2.24, 2.45) is 5.92 Å². The minimum Gasteiger partial charge on any atom is -0.481 e. The van der Waals surface area contributed by atoms with E-state index in [1.54, 1.807) is 12.1 Å². The fourth-order valence-electron chi connectivity index (χ4n) is 3.85. The van der Waals surface area contributed by atoms with Gasteiger partial charge in [0.1, 0.15) is 0 Å². The maximum absolute atomic E-state index is 12.1. The highest BCUT2D eigenvalue weighted by atomic mass is 79.9. The van der Waals surface area contributed by atoms with Crippen LogP contribution >= 0.6 is 15.9 Å². The van der Waals surface area contributed by atoms with E-state index in [1.165, 1.54) is 12.1 Å². The average molecular weight is 419 g/mol. The monoisotopic (exact) mass is 418 g/mol. The number of likely N-dealkylation sites (N-methyl/N-ethyl adjacent to an activating group) is 1. The highest BCUT2D eigenvalue weighted by Crippen LogP contribution is 2.43. The molecular formula is C19H19BrN2O4. The number of rotatable bonds is 5. The molecule has 136 valence electrons.